The molecule has 1 unspecified atom stereocenters. The summed E-state index contributed by atoms with van der Waals surface area (Å²) in [6, 6.07) is 12.8. The molecule has 0 fully saturated rings. The number of furan rings is 1. The Kier molecular flexibility index (Phi) is 4.83. The van der Waals surface area contributed by atoms with Crippen molar-refractivity contribution in [3.8, 4) is 21.8 Å². The number of halogens is 2. The molecule has 0 saturated carbocycles. The largest absolute Gasteiger partial charge is 0.463 e. The molecular weight excluding hydrogens is 389 g/mol. The van der Waals surface area contributed by atoms with E-state index in [4.69, 9.17) is 27.6 Å². The molecule has 0 aliphatic heterocycles. The summed E-state index contributed by atoms with van der Waals surface area (Å²) in [5.74, 6) is 0.520. The molecular formula is C20H13Cl2NO2S. The van der Waals surface area contributed by atoms with Crippen molar-refractivity contribution in [1.29, 1.82) is 0 Å². The van der Waals surface area contributed by atoms with Crippen LogP contribution in [-0.4, -0.2) is 10.1 Å². The number of pyridine rings is 1. The Bertz CT molecular complexity index is 1030. The van der Waals surface area contributed by atoms with Crippen molar-refractivity contribution >= 4 is 34.5 Å². The van der Waals surface area contributed by atoms with Gasteiger partial charge >= 0.3 is 0 Å². The minimum atomic E-state index is -0.902. The maximum Gasteiger partial charge on any atom is 0.142 e. The third-order valence-electron chi connectivity index (χ3n) is 4.07. The summed E-state index contributed by atoms with van der Waals surface area (Å²) in [7, 11) is 0. The van der Waals surface area contributed by atoms with Crippen LogP contribution in [0.3, 0.4) is 0 Å². The molecule has 0 saturated heterocycles. The monoisotopic (exact) mass is 401 g/mol. The molecule has 1 N–H and O–H groups in total. The van der Waals surface area contributed by atoms with Gasteiger partial charge in [0.15, 0.2) is 0 Å². The minimum Gasteiger partial charge on any atom is -0.463 e. The first-order chi connectivity index (χ1) is 12.6. The van der Waals surface area contributed by atoms with Crippen LogP contribution in [0.15, 0.2) is 70.9 Å². The third-order valence-corrected chi connectivity index (χ3v) is 5.52. The first-order valence-electron chi connectivity index (χ1n) is 7.84. The maximum absolute atomic E-state index is 11.1. The third kappa shape index (κ3) is 3.17. The van der Waals surface area contributed by atoms with Gasteiger partial charge in [0, 0.05) is 44.5 Å². The highest BCUT2D eigenvalue weighted by atomic mass is 35.5. The molecule has 0 aliphatic carbocycles. The van der Waals surface area contributed by atoms with E-state index in [1.807, 2.05) is 23.6 Å². The summed E-state index contributed by atoms with van der Waals surface area (Å²) in [5, 5.41) is 14.1. The fourth-order valence-corrected chi connectivity index (χ4v) is 4.09. The highest BCUT2D eigenvalue weighted by Crippen LogP contribution is 2.44. The Morgan fingerprint density at radius 2 is 1.96 bits per heavy atom. The number of benzene rings is 1. The highest BCUT2D eigenvalue weighted by Gasteiger charge is 2.26. The van der Waals surface area contributed by atoms with E-state index in [-0.39, 0.29) is 0 Å². The van der Waals surface area contributed by atoms with Crippen molar-refractivity contribution in [3.63, 3.8) is 0 Å². The molecule has 0 amide bonds. The van der Waals surface area contributed by atoms with Gasteiger partial charge < -0.3 is 9.52 Å². The highest BCUT2D eigenvalue weighted by molar-refractivity contribution is 7.13. The number of hydrogen-bond acceptors (Lipinski definition) is 4. The summed E-state index contributed by atoms with van der Waals surface area (Å²) in [4.78, 5) is 5.11. The number of aromatic nitrogens is 1. The maximum atomic E-state index is 11.1. The normalized spacial score (nSPS) is 12.3. The molecule has 1 aromatic carbocycles. The predicted octanol–water partition coefficient (Wildman–Crippen LogP) is 6.46. The number of hydrogen-bond donors (Lipinski definition) is 1. The molecule has 3 aromatic heterocycles. The first-order valence-corrected chi connectivity index (χ1v) is 9.47. The van der Waals surface area contributed by atoms with E-state index in [9.17, 15) is 5.11 Å². The first kappa shape index (κ1) is 17.3. The van der Waals surface area contributed by atoms with Crippen molar-refractivity contribution in [2.75, 3.05) is 0 Å². The Labute approximate surface area is 164 Å². The van der Waals surface area contributed by atoms with Crippen molar-refractivity contribution < 1.29 is 9.52 Å². The molecule has 6 heteroatoms. The van der Waals surface area contributed by atoms with Crippen molar-refractivity contribution in [3.05, 3.63) is 87.7 Å². The van der Waals surface area contributed by atoms with Crippen LogP contribution < -0.4 is 0 Å². The van der Waals surface area contributed by atoms with Gasteiger partial charge in [-0.25, -0.2) is 0 Å². The van der Waals surface area contributed by atoms with E-state index < -0.39 is 6.10 Å². The van der Waals surface area contributed by atoms with Gasteiger partial charge in [0.2, 0.25) is 0 Å². The second-order valence-corrected chi connectivity index (χ2v) is 7.47. The summed E-state index contributed by atoms with van der Waals surface area (Å²) >= 11 is 14.0. The average molecular weight is 402 g/mol. The average Bonchev–Trinajstić information content (AvgIpc) is 3.31. The van der Waals surface area contributed by atoms with Crippen LogP contribution in [0, 0.1) is 0 Å². The topological polar surface area (TPSA) is 46.3 Å². The lowest BCUT2D eigenvalue weighted by atomic mass is 9.96. The summed E-state index contributed by atoms with van der Waals surface area (Å²) in [6.45, 7) is 0. The van der Waals surface area contributed by atoms with E-state index >= 15 is 0 Å². The zero-order valence-electron chi connectivity index (χ0n) is 13.4. The SMILES string of the molecule is OC(c1cccnc1)c1c(-c2cccs2)coc1-c1ccc(Cl)cc1Cl. The van der Waals surface area contributed by atoms with Crippen molar-refractivity contribution in [1.82, 2.24) is 4.98 Å². The number of rotatable bonds is 4. The fraction of sp³-hybridized carbons (Fsp3) is 0.0500. The van der Waals surface area contributed by atoms with Crippen LogP contribution >= 0.6 is 34.5 Å². The van der Waals surface area contributed by atoms with Gasteiger partial charge in [0.05, 0.1) is 5.02 Å². The zero-order chi connectivity index (χ0) is 18.1. The van der Waals surface area contributed by atoms with Crippen LogP contribution in [0.25, 0.3) is 21.8 Å². The molecule has 130 valence electrons. The zero-order valence-corrected chi connectivity index (χ0v) is 15.7. The lowest BCUT2D eigenvalue weighted by Crippen LogP contribution is -2.02. The predicted molar refractivity (Wildman–Crippen MR) is 106 cm³/mol. The Morgan fingerprint density at radius 1 is 1.08 bits per heavy atom. The van der Waals surface area contributed by atoms with E-state index in [0.29, 0.717) is 32.5 Å². The Morgan fingerprint density at radius 3 is 2.65 bits per heavy atom. The van der Waals surface area contributed by atoms with E-state index in [1.165, 1.54) is 0 Å². The standard InChI is InChI=1S/C20H13Cl2NO2S/c21-13-5-6-14(16(22)9-13)20-18(19(24)12-3-1-7-23-10-12)15(11-25-20)17-4-2-8-26-17/h1-11,19,24H. The van der Waals surface area contributed by atoms with Gasteiger partial charge in [-0.3, -0.25) is 4.98 Å². The number of thiophene rings is 1. The van der Waals surface area contributed by atoms with Gasteiger partial charge in [-0.15, -0.1) is 11.3 Å². The van der Waals surface area contributed by atoms with Gasteiger partial charge in [-0.2, -0.15) is 0 Å². The second kappa shape index (κ2) is 7.25. The van der Waals surface area contributed by atoms with Gasteiger partial charge in [0.1, 0.15) is 18.1 Å². The molecule has 0 radical (unpaired) electrons. The molecule has 3 heterocycles. The summed E-state index contributed by atoms with van der Waals surface area (Å²) in [6.07, 6.45) is 4.06. The molecule has 0 spiro atoms. The van der Waals surface area contributed by atoms with E-state index in [2.05, 4.69) is 4.98 Å². The molecule has 4 rings (SSSR count). The molecule has 4 aromatic rings. The quantitative estimate of drug-likeness (QED) is 0.426. The van der Waals surface area contributed by atoms with Crippen LogP contribution in [0.2, 0.25) is 10.0 Å². The van der Waals surface area contributed by atoms with E-state index in [0.717, 1.165) is 10.4 Å². The van der Waals surface area contributed by atoms with Gasteiger partial charge in [-0.05, 0) is 35.7 Å². The van der Waals surface area contributed by atoms with Crippen LogP contribution in [0.1, 0.15) is 17.2 Å². The van der Waals surface area contributed by atoms with Crippen molar-refractivity contribution in [2.24, 2.45) is 0 Å². The number of aliphatic hydroxyl groups excluding tert-OH is 1. The Balaban J connectivity index is 1.93. The van der Waals surface area contributed by atoms with Gasteiger partial charge in [0.25, 0.3) is 0 Å². The summed E-state index contributed by atoms with van der Waals surface area (Å²) < 4.78 is 5.87. The molecule has 0 aliphatic rings. The Hall–Kier alpha value is -2.11. The van der Waals surface area contributed by atoms with Crippen molar-refractivity contribution in [2.45, 2.75) is 6.10 Å². The lowest BCUT2D eigenvalue weighted by Gasteiger charge is -2.14. The minimum absolute atomic E-state index is 0.462. The fourth-order valence-electron chi connectivity index (χ4n) is 2.85. The molecule has 26 heavy (non-hydrogen) atoms. The number of aliphatic hydroxyl groups is 1. The molecule has 0 bridgehead atoms. The second-order valence-electron chi connectivity index (χ2n) is 5.68. The van der Waals surface area contributed by atoms with Crippen LogP contribution in [0.4, 0.5) is 0 Å². The number of nitrogens with zero attached hydrogens (tertiary/aromatic N) is 1. The molecule has 3 nitrogen and oxygen atoms in total. The van der Waals surface area contributed by atoms with Crippen LogP contribution in [-0.2, 0) is 0 Å². The lowest BCUT2D eigenvalue weighted by molar-refractivity contribution is 0.220. The molecule has 1 atom stereocenters. The summed E-state index contributed by atoms with van der Waals surface area (Å²) in [5.41, 5.74) is 2.84. The van der Waals surface area contributed by atoms with E-state index in [1.54, 1.807) is 54.3 Å². The smallest absolute Gasteiger partial charge is 0.142 e. The van der Waals surface area contributed by atoms with Gasteiger partial charge in [-0.1, -0.05) is 35.3 Å². The van der Waals surface area contributed by atoms with Crippen LogP contribution in [0.5, 0.6) is 0 Å².